The van der Waals surface area contributed by atoms with E-state index in [4.69, 9.17) is 4.74 Å². The highest BCUT2D eigenvalue weighted by Crippen LogP contribution is 2.38. The summed E-state index contributed by atoms with van der Waals surface area (Å²) in [5, 5.41) is 0. The number of rotatable bonds is 3. The van der Waals surface area contributed by atoms with Crippen LogP contribution in [0.1, 0.15) is 31.7 Å². The molecule has 1 amide bonds. The third-order valence-corrected chi connectivity index (χ3v) is 7.46. The van der Waals surface area contributed by atoms with E-state index < -0.39 is 10.0 Å². The van der Waals surface area contributed by atoms with E-state index in [2.05, 4.69) is 0 Å². The summed E-state index contributed by atoms with van der Waals surface area (Å²) >= 11 is 0. The van der Waals surface area contributed by atoms with Crippen LogP contribution in [-0.4, -0.2) is 51.0 Å². The van der Waals surface area contributed by atoms with Crippen LogP contribution in [0.4, 0.5) is 5.69 Å². The molecule has 136 valence electrons. The minimum absolute atomic E-state index is 0.0874. The Labute approximate surface area is 148 Å². The smallest absolute Gasteiger partial charge is 0.243 e. The largest absolute Gasteiger partial charge is 0.379 e. The van der Waals surface area contributed by atoms with Gasteiger partial charge in [0.15, 0.2) is 0 Å². The van der Waals surface area contributed by atoms with Crippen molar-refractivity contribution in [1.29, 1.82) is 0 Å². The van der Waals surface area contributed by atoms with E-state index in [1.54, 1.807) is 12.1 Å². The Balaban J connectivity index is 1.62. The Morgan fingerprint density at radius 2 is 1.92 bits per heavy atom. The summed E-state index contributed by atoms with van der Waals surface area (Å²) in [5.74, 6) is 0.339. The van der Waals surface area contributed by atoms with Crippen molar-refractivity contribution in [3.63, 3.8) is 0 Å². The number of benzene rings is 1. The summed E-state index contributed by atoms with van der Waals surface area (Å²) in [6, 6.07) is 5.29. The lowest BCUT2D eigenvalue weighted by Gasteiger charge is -2.32. The molecule has 1 saturated carbocycles. The summed E-state index contributed by atoms with van der Waals surface area (Å²) < 4.78 is 32.4. The lowest BCUT2D eigenvalue weighted by Crippen LogP contribution is -2.42. The van der Waals surface area contributed by atoms with Gasteiger partial charge in [-0.15, -0.1) is 0 Å². The zero-order chi connectivity index (χ0) is 17.6. The van der Waals surface area contributed by atoms with E-state index in [0.717, 1.165) is 30.5 Å². The maximum atomic E-state index is 12.8. The van der Waals surface area contributed by atoms with Crippen molar-refractivity contribution in [1.82, 2.24) is 4.31 Å². The molecule has 1 aliphatic carbocycles. The molecule has 1 aromatic carbocycles. The van der Waals surface area contributed by atoms with Gasteiger partial charge < -0.3 is 9.64 Å². The van der Waals surface area contributed by atoms with Crippen LogP contribution in [0.5, 0.6) is 0 Å². The van der Waals surface area contributed by atoms with Crippen LogP contribution in [-0.2, 0) is 26.0 Å². The van der Waals surface area contributed by atoms with Crippen molar-refractivity contribution < 1.29 is 17.9 Å². The number of fused-ring (bicyclic) bond motifs is 1. The van der Waals surface area contributed by atoms with E-state index >= 15 is 0 Å². The molecule has 4 rings (SSSR count). The second-order valence-electron chi connectivity index (χ2n) is 7.20. The summed E-state index contributed by atoms with van der Waals surface area (Å²) in [4.78, 5) is 14.9. The highest BCUT2D eigenvalue weighted by molar-refractivity contribution is 7.89. The maximum Gasteiger partial charge on any atom is 0.243 e. The number of amides is 1. The molecule has 6 nitrogen and oxygen atoms in total. The Morgan fingerprint density at radius 3 is 2.56 bits per heavy atom. The Morgan fingerprint density at radius 1 is 1.20 bits per heavy atom. The van der Waals surface area contributed by atoms with Crippen molar-refractivity contribution in [2.24, 2.45) is 5.92 Å². The van der Waals surface area contributed by atoms with Crippen LogP contribution >= 0.6 is 0 Å². The fourth-order valence-electron chi connectivity index (χ4n) is 3.89. The Hall–Kier alpha value is -1.44. The van der Waals surface area contributed by atoms with Crippen molar-refractivity contribution in [3.05, 3.63) is 23.8 Å². The average molecular weight is 364 g/mol. The molecule has 0 bridgehead atoms. The van der Waals surface area contributed by atoms with Crippen LogP contribution < -0.4 is 4.90 Å². The van der Waals surface area contributed by atoms with Gasteiger partial charge in [-0.1, -0.05) is 6.42 Å². The van der Waals surface area contributed by atoms with E-state index in [9.17, 15) is 13.2 Å². The fourth-order valence-corrected chi connectivity index (χ4v) is 5.35. The van der Waals surface area contributed by atoms with Crippen LogP contribution in [0.15, 0.2) is 23.1 Å². The molecule has 2 heterocycles. The Bertz CT molecular complexity index is 782. The second kappa shape index (κ2) is 6.37. The summed E-state index contributed by atoms with van der Waals surface area (Å²) in [7, 11) is -3.50. The quantitative estimate of drug-likeness (QED) is 0.820. The number of carbonyl (C=O) groups excluding carboxylic acids is 1. The molecule has 1 saturated heterocycles. The van der Waals surface area contributed by atoms with Crippen molar-refractivity contribution in [2.75, 3.05) is 31.2 Å². The van der Waals surface area contributed by atoms with Crippen molar-refractivity contribution >= 4 is 21.6 Å². The lowest BCUT2D eigenvalue weighted by atomic mass is 9.84. The molecule has 2 fully saturated rings. The molecule has 7 heteroatoms. The van der Waals surface area contributed by atoms with E-state index in [1.165, 1.54) is 4.31 Å². The third kappa shape index (κ3) is 2.88. The number of morpholine rings is 1. The number of ether oxygens (including phenoxy) is 1. The molecule has 0 aromatic heterocycles. The number of hydrogen-bond acceptors (Lipinski definition) is 4. The molecule has 0 spiro atoms. The topological polar surface area (TPSA) is 66.9 Å². The van der Waals surface area contributed by atoms with E-state index in [1.807, 2.05) is 17.9 Å². The van der Waals surface area contributed by atoms with E-state index in [-0.39, 0.29) is 17.9 Å². The highest BCUT2D eigenvalue weighted by atomic mass is 32.2. The molecule has 0 N–H and O–H groups in total. The van der Waals surface area contributed by atoms with Crippen LogP contribution in [0, 0.1) is 5.92 Å². The predicted molar refractivity (Wildman–Crippen MR) is 94.0 cm³/mol. The van der Waals surface area contributed by atoms with Gasteiger partial charge in [0, 0.05) is 30.7 Å². The van der Waals surface area contributed by atoms with Crippen LogP contribution in [0.2, 0.25) is 0 Å². The number of hydrogen-bond donors (Lipinski definition) is 0. The van der Waals surface area contributed by atoms with Gasteiger partial charge in [-0.25, -0.2) is 8.42 Å². The van der Waals surface area contributed by atoms with Gasteiger partial charge >= 0.3 is 0 Å². The molecule has 1 atom stereocenters. The maximum absolute atomic E-state index is 12.8. The monoisotopic (exact) mass is 364 g/mol. The summed E-state index contributed by atoms with van der Waals surface area (Å²) in [5.41, 5.74) is 1.83. The molecular weight excluding hydrogens is 340 g/mol. The average Bonchev–Trinajstić information content (AvgIpc) is 2.88. The zero-order valence-electron chi connectivity index (χ0n) is 14.5. The Kier molecular flexibility index (Phi) is 4.33. The van der Waals surface area contributed by atoms with Crippen molar-refractivity contribution in [2.45, 2.75) is 43.5 Å². The molecule has 2 aliphatic heterocycles. The molecule has 0 unspecified atom stereocenters. The van der Waals surface area contributed by atoms with E-state index in [0.29, 0.717) is 37.6 Å². The predicted octanol–water partition coefficient (Wildman–Crippen LogP) is 1.79. The molecule has 1 aromatic rings. The standard InChI is InChI=1S/C18H24N2O4S/c1-13-11-15-12-16(25(22,23)19-7-9-24-10-8-19)5-6-17(15)20(13)18(21)14-3-2-4-14/h5-6,12-14H,2-4,7-11H2,1H3/t13-/m1/s1. The molecule has 0 radical (unpaired) electrons. The lowest BCUT2D eigenvalue weighted by molar-refractivity contribution is -0.125. The van der Waals surface area contributed by atoms with Crippen molar-refractivity contribution in [3.8, 4) is 0 Å². The SMILES string of the molecule is C[C@@H]1Cc2cc(S(=O)(=O)N3CCOCC3)ccc2N1C(=O)C1CCC1. The second-order valence-corrected chi connectivity index (χ2v) is 9.13. The minimum atomic E-state index is -3.50. The van der Waals surface area contributed by atoms with Gasteiger partial charge in [-0.05, 0) is 49.9 Å². The first-order valence-electron chi connectivity index (χ1n) is 9.02. The minimum Gasteiger partial charge on any atom is -0.379 e. The number of nitrogens with zero attached hydrogens (tertiary/aromatic N) is 2. The van der Waals surface area contributed by atoms with Gasteiger partial charge in [0.05, 0.1) is 18.1 Å². The summed E-state index contributed by atoms with van der Waals surface area (Å²) in [6.45, 7) is 3.69. The van der Waals surface area contributed by atoms with Gasteiger partial charge in [0.25, 0.3) is 0 Å². The first-order valence-corrected chi connectivity index (χ1v) is 10.5. The number of carbonyl (C=O) groups is 1. The van der Waals surface area contributed by atoms with Gasteiger partial charge in [-0.3, -0.25) is 4.79 Å². The molecule has 3 aliphatic rings. The summed E-state index contributed by atoms with van der Waals surface area (Å²) in [6.07, 6.45) is 3.78. The first kappa shape index (κ1) is 17.0. The van der Waals surface area contributed by atoms with Gasteiger partial charge in [-0.2, -0.15) is 4.31 Å². The zero-order valence-corrected chi connectivity index (χ0v) is 15.3. The number of anilines is 1. The fraction of sp³-hybridized carbons (Fsp3) is 0.611. The molecule has 25 heavy (non-hydrogen) atoms. The van der Waals surface area contributed by atoms with Crippen LogP contribution in [0.25, 0.3) is 0 Å². The first-order chi connectivity index (χ1) is 12.0. The van der Waals surface area contributed by atoms with Crippen LogP contribution in [0.3, 0.4) is 0 Å². The van der Waals surface area contributed by atoms with Gasteiger partial charge in [0.2, 0.25) is 15.9 Å². The van der Waals surface area contributed by atoms with Gasteiger partial charge in [0.1, 0.15) is 0 Å². The highest BCUT2D eigenvalue weighted by Gasteiger charge is 2.38. The molecular formula is C18H24N2O4S. The third-order valence-electron chi connectivity index (χ3n) is 5.57. The normalized spacial score (nSPS) is 24.8. The number of sulfonamides is 1.